The lowest BCUT2D eigenvalue weighted by Crippen LogP contribution is -2.21. The maximum Gasteiger partial charge on any atom is 0.239 e. The van der Waals surface area contributed by atoms with Crippen LogP contribution in [-0.2, 0) is 17.6 Å². The van der Waals surface area contributed by atoms with Gasteiger partial charge in [0.2, 0.25) is 5.91 Å². The lowest BCUT2D eigenvalue weighted by molar-refractivity contribution is -0.114. The van der Waals surface area contributed by atoms with E-state index in [1.54, 1.807) is 0 Å². The first kappa shape index (κ1) is 13.3. The van der Waals surface area contributed by atoms with Gasteiger partial charge in [0, 0.05) is 10.4 Å². The summed E-state index contributed by atoms with van der Waals surface area (Å²) in [4.78, 5) is 17.0. The predicted molar refractivity (Wildman–Crippen MR) is 82.0 cm³/mol. The number of aromatic nitrogens is 1. The first-order valence-electron chi connectivity index (χ1n) is 6.77. The van der Waals surface area contributed by atoms with Crippen LogP contribution in [0.25, 0.3) is 11.3 Å². The number of hydrogen-bond acceptors (Lipinski definition) is 4. The molecule has 1 amide bonds. The summed E-state index contributed by atoms with van der Waals surface area (Å²) < 4.78 is 0. The van der Waals surface area contributed by atoms with E-state index in [2.05, 4.69) is 28.5 Å². The number of thiazole rings is 1. The van der Waals surface area contributed by atoms with Gasteiger partial charge in [0.1, 0.15) is 0 Å². The SMILES string of the molecule is Cc1sc(NC(=O)CN)nc1-c1ccc2c(c1)CCC2. The van der Waals surface area contributed by atoms with Crippen molar-refractivity contribution in [3.8, 4) is 11.3 Å². The number of nitrogens with one attached hydrogen (secondary N) is 1. The third kappa shape index (κ3) is 2.46. The molecule has 0 bridgehead atoms. The number of benzene rings is 1. The second-order valence-corrected chi connectivity index (χ2v) is 6.22. The highest BCUT2D eigenvalue weighted by atomic mass is 32.1. The molecule has 0 spiro atoms. The predicted octanol–water partition coefficient (Wildman–Crippen LogP) is 2.50. The lowest BCUT2D eigenvalue weighted by Gasteiger charge is -2.03. The molecular weight excluding hydrogens is 270 g/mol. The molecule has 1 aromatic heterocycles. The smallest absolute Gasteiger partial charge is 0.239 e. The summed E-state index contributed by atoms with van der Waals surface area (Å²) in [5, 5.41) is 3.34. The molecule has 104 valence electrons. The first-order chi connectivity index (χ1) is 9.67. The fraction of sp³-hybridized carbons (Fsp3) is 0.333. The molecule has 2 aromatic rings. The van der Waals surface area contributed by atoms with Gasteiger partial charge in [-0.05, 0) is 43.4 Å². The van der Waals surface area contributed by atoms with Crippen molar-refractivity contribution in [2.24, 2.45) is 5.73 Å². The highest BCUT2D eigenvalue weighted by Gasteiger charge is 2.15. The van der Waals surface area contributed by atoms with Crippen LogP contribution in [0.1, 0.15) is 22.4 Å². The summed E-state index contributed by atoms with van der Waals surface area (Å²) in [7, 11) is 0. The summed E-state index contributed by atoms with van der Waals surface area (Å²) >= 11 is 1.49. The van der Waals surface area contributed by atoms with Crippen molar-refractivity contribution < 1.29 is 4.79 Å². The zero-order valence-corrected chi connectivity index (χ0v) is 12.2. The van der Waals surface area contributed by atoms with Gasteiger partial charge in [-0.3, -0.25) is 4.79 Å². The Labute approximate surface area is 122 Å². The average Bonchev–Trinajstić information content (AvgIpc) is 3.04. The van der Waals surface area contributed by atoms with Crippen molar-refractivity contribution in [3.63, 3.8) is 0 Å². The van der Waals surface area contributed by atoms with E-state index in [0.717, 1.165) is 22.6 Å². The third-order valence-electron chi connectivity index (χ3n) is 3.60. The van der Waals surface area contributed by atoms with E-state index in [1.165, 1.54) is 35.3 Å². The number of nitrogens with two attached hydrogens (primary N) is 1. The van der Waals surface area contributed by atoms with Gasteiger partial charge in [0.15, 0.2) is 5.13 Å². The molecule has 0 saturated carbocycles. The van der Waals surface area contributed by atoms with Crippen LogP contribution in [0.3, 0.4) is 0 Å². The van der Waals surface area contributed by atoms with Crippen LogP contribution in [0, 0.1) is 6.92 Å². The molecule has 1 aliphatic carbocycles. The number of aryl methyl sites for hydroxylation is 3. The van der Waals surface area contributed by atoms with E-state index in [1.807, 2.05) is 6.92 Å². The molecule has 5 heteroatoms. The Hall–Kier alpha value is -1.72. The number of nitrogens with zero attached hydrogens (tertiary/aromatic N) is 1. The Morgan fingerprint density at radius 1 is 1.40 bits per heavy atom. The summed E-state index contributed by atoms with van der Waals surface area (Å²) in [6, 6.07) is 6.56. The van der Waals surface area contributed by atoms with Gasteiger partial charge in [-0.2, -0.15) is 0 Å². The van der Waals surface area contributed by atoms with Gasteiger partial charge in [0.05, 0.1) is 12.2 Å². The third-order valence-corrected chi connectivity index (χ3v) is 4.49. The zero-order chi connectivity index (χ0) is 14.1. The van der Waals surface area contributed by atoms with Crippen LogP contribution < -0.4 is 11.1 Å². The highest BCUT2D eigenvalue weighted by molar-refractivity contribution is 7.16. The summed E-state index contributed by atoms with van der Waals surface area (Å²) in [6.45, 7) is 2.01. The molecule has 4 nitrogen and oxygen atoms in total. The largest absolute Gasteiger partial charge is 0.322 e. The minimum Gasteiger partial charge on any atom is -0.322 e. The van der Waals surface area contributed by atoms with Crippen molar-refractivity contribution in [2.45, 2.75) is 26.2 Å². The Morgan fingerprint density at radius 2 is 2.20 bits per heavy atom. The summed E-state index contributed by atoms with van der Waals surface area (Å²) in [5.41, 5.74) is 10.3. The number of amides is 1. The summed E-state index contributed by atoms with van der Waals surface area (Å²) in [6.07, 6.45) is 3.58. The Bertz CT molecular complexity index is 663. The number of hydrogen-bond donors (Lipinski definition) is 2. The maximum atomic E-state index is 11.3. The minimum absolute atomic E-state index is 0.0210. The van der Waals surface area contributed by atoms with Crippen LogP contribution in [0.5, 0.6) is 0 Å². The Kier molecular flexibility index (Phi) is 3.54. The number of fused-ring (bicyclic) bond motifs is 1. The van der Waals surface area contributed by atoms with Gasteiger partial charge < -0.3 is 11.1 Å². The fourth-order valence-corrected chi connectivity index (χ4v) is 3.46. The van der Waals surface area contributed by atoms with E-state index < -0.39 is 0 Å². The number of carbonyl (C=O) groups excluding carboxylic acids is 1. The molecule has 1 aliphatic rings. The van der Waals surface area contributed by atoms with Gasteiger partial charge in [-0.25, -0.2) is 4.98 Å². The molecule has 0 atom stereocenters. The second-order valence-electron chi connectivity index (χ2n) is 5.01. The van der Waals surface area contributed by atoms with Crippen molar-refractivity contribution in [1.82, 2.24) is 4.98 Å². The Morgan fingerprint density at radius 3 is 3.00 bits per heavy atom. The molecule has 0 unspecified atom stereocenters. The molecule has 20 heavy (non-hydrogen) atoms. The van der Waals surface area contributed by atoms with Crippen molar-refractivity contribution in [1.29, 1.82) is 0 Å². The molecule has 3 N–H and O–H groups in total. The standard InChI is InChI=1S/C15H17N3OS/c1-9-14(18-15(20-9)17-13(19)8-16)12-6-5-10-3-2-4-11(10)7-12/h5-7H,2-4,8,16H2,1H3,(H,17,18,19). The topological polar surface area (TPSA) is 68.0 Å². The van der Waals surface area contributed by atoms with Crippen LogP contribution in [-0.4, -0.2) is 17.4 Å². The Balaban J connectivity index is 1.92. The zero-order valence-electron chi connectivity index (χ0n) is 11.4. The molecule has 0 aliphatic heterocycles. The second kappa shape index (κ2) is 5.34. The van der Waals surface area contributed by atoms with Gasteiger partial charge in [-0.15, -0.1) is 11.3 Å². The molecule has 3 rings (SSSR count). The quantitative estimate of drug-likeness (QED) is 0.911. The van der Waals surface area contributed by atoms with Crippen LogP contribution in [0.4, 0.5) is 5.13 Å². The number of rotatable bonds is 3. The molecule has 1 heterocycles. The average molecular weight is 287 g/mol. The van der Waals surface area contributed by atoms with E-state index in [0.29, 0.717) is 5.13 Å². The molecule has 0 fully saturated rings. The molecule has 1 aromatic carbocycles. The molecular formula is C15H17N3OS. The van der Waals surface area contributed by atoms with Gasteiger partial charge in [0.25, 0.3) is 0 Å². The monoisotopic (exact) mass is 287 g/mol. The molecule has 0 saturated heterocycles. The van der Waals surface area contributed by atoms with Gasteiger partial charge >= 0.3 is 0 Å². The van der Waals surface area contributed by atoms with Crippen molar-refractivity contribution in [3.05, 3.63) is 34.2 Å². The molecule has 0 radical (unpaired) electrons. The van der Waals surface area contributed by atoms with Crippen molar-refractivity contribution >= 4 is 22.4 Å². The number of anilines is 1. The van der Waals surface area contributed by atoms with E-state index in [4.69, 9.17) is 5.73 Å². The minimum atomic E-state index is -0.209. The van der Waals surface area contributed by atoms with Crippen LogP contribution >= 0.6 is 11.3 Å². The maximum absolute atomic E-state index is 11.3. The lowest BCUT2D eigenvalue weighted by atomic mass is 10.0. The van der Waals surface area contributed by atoms with Crippen LogP contribution in [0.15, 0.2) is 18.2 Å². The fourth-order valence-electron chi connectivity index (χ4n) is 2.61. The van der Waals surface area contributed by atoms with E-state index >= 15 is 0 Å². The number of carbonyl (C=O) groups is 1. The highest BCUT2D eigenvalue weighted by Crippen LogP contribution is 2.33. The van der Waals surface area contributed by atoms with Crippen LogP contribution in [0.2, 0.25) is 0 Å². The first-order valence-corrected chi connectivity index (χ1v) is 7.58. The van der Waals surface area contributed by atoms with Gasteiger partial charge in [-0.1, -0.05) is 12.1 Å². The normalized spacial score (nSPS) is 13.3. The summed E-state index contributed by atoms with van der Waals surface area (Å²) in [5.74, 6) is -0.209. The van der Waals surface area contributed by atoms with E-state index in [-0.39, 0.29) is 12.5 Å². The van der Waals surface area contributed by atoms with Crippen molar-refractivity contribution in [2.75, 3.05) is 11.9 Å². The van der Waals surface area contributed by atoms with E-state index in [9.17, 15) is 4.79 Å².